The van der Waals surface area contributed by atoms with E-state index in [0.29, 0.717) is 46.6 Å². The van der Waals surface area contributed by atoms with Crippen LogP contribution in [0.4, 0.5) is 11.5 Å². The number of halogens is 2. The minimum atomic E-state index is -0.446. The lowest BCUT2D eigenvalue weighted by atomic mass is 10.1. The first-order chi connectivity index (χ1) is 17.6. The second-order valence-corrected chi connectivity index (χ2v) is 10.9. The van der Waals surface area contributed by atoms with Gasteiger partial charge in [0.15, 0.2) is 5.78 Å². The molecule has 0 fully saturated rings. The first-order valence-electron chi connectivity index (χ1n) is 11.3. The van der Waals surface area contributed by atoms with Crippen molar-refractivity contribution in [3.05, 3.63) is 85.1 Å². The highest BCUT2D eigenvalue weighted by atomic mass is 79.9. The lowest BCUT2D eigenvalue weighted by molar-refractivity contribution is -0.880. The van der Waals surface area contributed by atoms with Crippen LogP contribution in [-0.2, 0) is 11.2 Å². The monoisotopic (exact) mass is 628 g/mol. The maximum atomic E-state index is 12.7. The molecule has 0 saturated carbocycles. The molecule has 1 aromatic carbocycles. The van der Waals surface area contributed by atoms with Gasteiger partial charge in [0.2, 0.25) is 0 Å². The molecule has 1 aliphatic rings. The van der Waals surface area contributed by atoms with E-state index in [1.165, 1.54) is 6.33 Å². The zero-order valence-electron chi connectivity index (χ0n) is 20.2. The smallest absolute Gasteiger partial charge is 0.358 e. The van der Waals surface area contributed by atoms with E-state index in [9.17, 15) is 14.9 Å². The summed E-state index contributed by atoms with van der Waals surface area (Å²) in [6.07, 6.45) is 8.61. The summed E-state index contributed by atoms with van der Waals surface area (Å²) in [5.74, 6) is 0.452. The van der Waals surface area contributed by atoms with Gasteiger partial charge in [0.05, 0.1) is 44.3 Å². The number of pyridine rings is 1. The van der Waals surface area contributed by atoms with Crippen molar-refractivity contribution < 1.29 is 14.2 Å². The minimum absolute atomic E-state index is 0.0701. The normalized spacial score (nSPS) is 13.6. The van der Waals surface area contributed by atoms with Crippen LogP contribution in [0, 0.1) is 10.1 Å². The molecule has 190 valence electrons. The van der Waals surface area contributed by atoms with Crippen LogP contribution in [0.15, 0.2) is 74.3 Å². The first kappa shape index (κ1) is 26.7. The molecule has 3 aromatic rings. The standard InChI is InChI=1S/C25H24Br2N7O3/c1-34(2,14-16-7-8-28-25(16)33(36)37)9-3-4-19(35)10-18-11-20-23(13-29-18)30-15-31-24(20)32-17-5-6-21(26)22(27)12-17/h3-6,8,11-13,15H,7,9-10,14H2,1-2H3,(H,30,31,32)/q+1/b4-3+. The van der Waals surface area contributed by atoms with Gasteiger partial charge in [0, 0.05) is 32.1 Å². The van der Waals surface area contributed by atoms with E-state index in [1.807, 2.05) is 38.4 Å². The van der Waals surface area contributed by atoms with Crippen LogP contribution in [0.5, 0.6) is 0 Å². The fraction of sp³-hybridized carbons (Fsp3) is 0.240. The van der Waals surface area contributed by atoms with Crippen LogP contribution in [0.2, 0.25) is 0 Å². The number of aromatic nitrogens is 3. The summed E-state index contributed by atoms with van der Waals surface area (Å²) in [5, 5.41) is 15.2. The number of nitrogens with zero attached hydrogens (tertiary/aromatic N) is 6. The van der Waals surface area contributed by atoms with Gasteiger partial charge in [-0.05, 0) is 73.2 Å². The minimum Gasteiger partial charge on any atom is -0.358 e. The van der Waals surface area contributed by atoms with Crippen LogP contribution < -0.4 is 5.32 Å². The van der Waals surface area contributed by atoms with Crippen molar-refractivity contribution in [2.45, 2.75) is 12.8 Å². The molecule has 10 nitrogen and oxygen atoms in total. The van der Waals surface area contributed by atoms with Gasteiger partial charge in [-0.1, -0.05) is 4.99 Å². The number of aliphatic imine (C=N–C) groups is 1. The Kier molecular flexibility index (Phi) is 8.20. The highest BCUT2D eigenvalue weighted by Gasteiger charge is 2.28. The summed E-state index contributed by atoms with van der Waals surface area (Å²) in [4.78, 5) is 40.3. The fourth-order valence-corrected chi connectivity index (χ4v) is 4.56. The van der Waals surface area contributed by atoms with Crippen LogP contribution in [-0.4, -0.2) is 63.5 Å². The molecule has 2 aromatic heterocycles. The number of carbonyl (C=O) groups is 1. The third-order valence-electron chi connectivity index (χ3n) is 5.68. The fourth-order valence-electron chi connectivity index (χ4n) is 3.93. The predicted octanol–water partition coefficient (Wildman–Crippen LogP) is 5.00. The summed E-state index contributed by atoms with van der Waals surface area (Å²) >= 11 is 6.96. The molecule has 0 atom stereocenters. The molecule has 0 unspecified atom stereocenters. The number of allylic oxidation sites excluding steroid dienone is 1. The zero-order valence-corrected chi connectivity index (χ0v) is 23.4. The number of benzene rings is 1. The van der Waals surface area contributed by atoms with Crippen LogP contribution in [0.3, 0.4) is 0 Å². The molecule has 12 heteroatoms. The van der Waals surface area contributed by atoms with Crippen LogP contribution >= 0.6 is 31.9 Å². The Morgan fingerprint density at radius 2 is 2.00 bits per heavy atom. The predicted molar refractivity (Wildman–Crippen MR) is 149 cm³/mol. The maximum Gasteiger partial charge on any atom is 0.368 e. The second-order valence-electron chi connectivity index (χ2n) is 9.19. The van der Waals surface area contributed by atoms with E-state index in [4.69, 9.17) is 0 Å². The van der Waals surface area contributed by atoms with Gasteiger partial charge in [-0.15, -0.1) is 0 Å². The van der Waals surface area contributed by atoms with E-state index in [1.54, 1.807) is 24.6 Å². The lowest BCUT2D eigenvalue weighted by Crippen LogP contribution is -2.41. The van der Waals surface area contributed by atoms with Crippen molar-refractivity contribution in [3.8, 4) is 0 Å². The maximum absolute atomic E-state index is 12.7. The van der Waals surface area contributed by atoms with Crippen molar-refractivity contribution in [1.82, 2.24) is 15.0 Å². The van der Waals surface area contributed by atoms with Gasteiger partial charge in [0.25, 0.3) is 0 Å². The molecule has 0 radical (unpaired) electrons. The van der Waals surface area contributed by atoms with E-state index >= 15 is 0 Å². The Morgan fingerprint density at radius 3 is 2.76 bits per heavy atom. The van der Waals surface area contributed by atoms with Gasteiger partial charge in [-0.2, -0.15) is 0 Å². The highest BCUT2D eigenvalue weighted by Crippen LogP contribution is 2.29. The zero-order chi connectivity index (χ0) is 26.6. The van der Waals surface area contributed by atoms with E-state index in [-0.39, 0.29) is 18.0 Å². The largest absolute Gasteiger partial charge is 0.368 e. The molecule has 0 bridgehead atoms. The van der Waals surface area contributed by atoms with Crippen molar-refractivity contribution in [2.24, 2.45) is 4.99 Å². The van der Waals surface area contributed by atoms with Crippen molar-refractivity contribution >= 4 is 66.3 Å². The molecule has 0 amide bonds. The van der Waals surface area contributed by atoms with Crippen LogP contribution in [0.1, 0.15) is 12.1 Å². The number of carbonyl (C=O) groups excluding carboxylic acids is 1. The number of nitrogens with one attached hydrogen (secondary N) is 1. The Balaban J connectivity index is 1.42. The number of fused-ring (bicyclic) bond motifs is 1. The number of quaternary nitrogens is 1. The molecular weight excluding hydrogens is 606 g/mol. The van der Waals surface area contributed by atoms with E-state index in [0.717, 1.165) is 20.0 Å². The number of likely N-dealkylation sites (N-methyl/N-ethyl adjacent to an activating group) is 1. The average Bonchev–Trinajstić information content (AvgIpc) is 3.29. The average molecular weight is 630 g/mol. The number of ketones is 1. The number of hydrogen-bond acceptors (Lipinski definition) is 8. The molecule has 0 aliphatic carbocycles. The Hall–Kier alpha value is -3.35. The summed E-state index contributed by atoms with van der Waals surface area (Å²) < 4.78 is 2.31. The first-order valence-corrected chi connectivity index (χ1v) is 12.9. The molecule has 0 spiro atoms. The van der Waals surface area contributed by atoms with Gasteiger partial charge in [0.1, 0.15) is 24.9 Å². The molecule has 0 saturated heterocycles. The van der Waals surface area contributed by atoms with E-state index in [2.05, 4.69) is 57.1 Å². The SMILES string of the molecule is C[N+](C)(C/C=C/C(=O)Cc1cc2c(Nc3ccc(Br)c(Br)c3)ncnc2cn1)CC1=C([N+](=O)[O-])N=CC1. The molecule has 1 N–H and O–H groups in total. The lowest BCUT2D eigenvalue weighted by Gasteiger charge is -2.28. The molecule has 37 heavy (non-hydrogen) atoms. The Labute approximate surface area is 230 Å². The van der Waals surface area contributed by atoms with Crippen molar-refractivity contribution in [2.75, 3.05) is 32.5 Å². The third-order valence-corrected chi connectivity index (χ3v) is 7.56. The van der Waals surface area contributed by atoms with E-state index < -0.39 is 4.92 Å². The highest BCUT2D eigenvalue weighted by molar-refractivity contribution is 9.13. The Bertz CT molecular complexity index is 1470. The number of anilines is 2. The number of hydrogen-bond donors (Lipinski definition) is 1. The third kappa shape index (κ3) is 6.90. The topological polar surface area (TPSA) is 123 Å². The van der Waals surface area contributed by atoms with Crippen LogP contribution in [0.25, 0.3) is 10.9 Å². The van der Waals surface area contributed by atoms with Gasteiger partial charge in [-0.25, -0.2) is 9.97 Å². The van der Waals surface area contributed by atoms with Crippen molar-refractivity contribution in [3.63, 3.8) is 0 Å². The summed E-state index contributed by atoms with van der Waals surface area (Å²) in [7, 11) is 3.92. The number of rotatable bonds is 10. The number of nitro groups is 1. The second kappa shape index (κ2) is 11.4. The molecule has 1 aliphatic heterocycles. The molecule has 3 heterocycles. The quantitative estimate of drug-likeness (QED) is 0.145. The molecular formula is C25H24Br2N7O3+. The molecule has 4 rings (SSSR count). The summed E-state index contributed by atoms with van der Waals surface area (Å²) in [5.41, 5.74) is 2.81. The van der Waals surface area contributed by atoms with Crippen molar-refractivity contribution in [1.29, 1.82) is 0 Å². The van der Waals surface area contributed by atoms with Gasteiger partial charge in [-0.3, -0.25) is 9.78 Å². The van der Waals surface area contributed by atoms with Gasteiger partial charge >= 0.3 is 5.82 Å². The summed E-state index contributed by atoms with van der Waals surface area (Å²) in [6.45, 7) is 1.02. The Morgan fingerprint density at radius 1 is 1.19 bits per heavy atom. The van der Waals surface area contributed by atoms with Gasteiger partial charge < -0.3 is 19.9 Å². The summed E-state index contributed by atoms with van der Waals surface area (Å²) in [6, 6.07) is 7.60.